The molecule has 1 saturated carbocycles. The summed E-state index contributed by atoms with van der Waals surface area (Å²) in [5, 5.41) is 0. The molecule has 0 N–H and O–H groups in total. The highest BCUT2D eigenvalue weighted by Crippen LogP contribution is 2.47. The van der Waals surface area contributed by atoms with Crippen LogP contribution in [0.5, 0.6) is 0 Å². The van der Waals surface area contributed by atoms with E-state index < -0.39 is 39.7 Å². The average Bonchev–Trinajstić information content (AvgIpc) is 3.30. The van der Waals surface area contributed by atoms with E-state index in [1.54, 1.807) is 24.3 Å². The van der Waals surface area contributed by atoms with Crippen LogP contribution in [0.2, 0.25) is 0 Å². The van der Waals surface area contributed by atoms with Crippen LogP contribution >= 0.6 is 0 Å². The highest BCUT2D eigenvalue weighted by molar-refractivity contribution is 8.10. The summed E-state index contributed by atoms with van der Waals surface area (Å²) in [6, 6.07) is 19.8. The first-order valence-corrected chi connectivity index (χ1v) is 14.6. The maximum absolute atomic E-state index is 17.3. The predicted molar refractivity (Wildman–Crippen MR) is 137 cm³/mol. The molecule has 0 spiro atoms. The van der Waals surface area contributed by atoms with E-state index in [0.717, 1.165) is 24.5 Å². The number of benzene rings is 3. The average molecular weight is 527 g/mol. The molecule has 2 atom stereocenters. The van der Waals surface area contributed by atoms with E-state index in [2.05, 4.69) is 6.58 Å². The third-order valence-electron chi connectivity index (χ3n) is 6.70. The van der Waals surface area contributed by atoms with E-state index in [1.165, 1.54) is 60.7 Å². The van der Waals surface area contributed by atoms with Crippen molar-refractivity contribution in [3.8, 4) is 0 Å². The molecule has 1 aliphatic carbocycles. The van der Waals surface area contributed by atoms with Crippen LogP contribution in [0.25, 0.3) is 0 Å². The quantitative estimate of drug-likeness (QED) is 0.347. The van der Waals surface area contributed by atoms with Gasteiger partial charge in [0, 0.05) is 12.3 Å². The summed E-state index contributed by atoms with van der Waals surface area (Å²) >= 11 is 0. The maximum Gasteiger partial charge on any atom is 0.327 e. The van der Waals surface area contributed by atoms with Crippen molar-refractivity contribution in [3.63, 3.8) is 0 Å². The van der Waals surface area contributed by atoms with Crippen molar-refractivity contribution in [1.29, 1.82) is 0 Å². The molecule has 0 aliphatic heterocycles. The van der Waals surface area contributed by atoms with Gasteiger partial charge in [-0.3, -0.25) is 4.79 Å². The Kier molecular flexibility index (Phi) is 7.29. The fourth-order valence-corrected chi connectivity index (χ4v) is 9.26. The van der Waals surface area contributed by atoms with Crippen LogP contribution in [0, 0.1) is 5.92 Å². The molecule has 36 heavy (non-hydrogen) atoms. The highest BCUT2D eigenvalue weighted by Gasteiger charge is 2.62. The number of halogens is 1. The zero-order valence-electron chi connectivity index (χ0n) is 19.6. The van der Waals surface area contributed by atoms with Crippen molar-refractivity contribution < 1.29 is 26.0 Å². The van der Waals surface area contributed by atoms with Crippen molar-refractivity contribution in [3.05, 3.63) is 109 Å². The first kappa shape index (κ1) is 26.0. The molecule has 0 aromatic heterocycles. The van der Waals surface area contributed by atoms with E-state index >= 15 is 4.39 Å². The lowest BCUT2D eigenvalue weighted by Crippen LogP contribution is -2.47. The molecule has 3 aromatic rings. The topological polar surface area (TPSA) is 85.3 Å². The smallest absolute Gasteiger partial charge is 0.299 e. The summed E-state index contributed by atoms with van der Waals surface area (Å²) in [4.78, 5) is 11.1. The standard InChI is InChI=1S/C28H27FO5S2/c1-2-26(22-18-16-21(17-19-22)20-23-10-9-15-27(23)30)28(29,35(31,32)24-11-5-3-6-12-24)36(33,34)25-13-7-4-8-14-25/h2-8,11-14,16-19,23,26H,1,9-10,15,20H2. The lowest BCUT2D eigenvalue weighted by atomic mass is 9.94. The molecular formula is C28H27FO5S2. The number of rotatable bonds is 9. The van der Waals surface area contributed by atoms with Gasteiger partial charge in [-0.2, -0.15) is 0 Å². The molecule has 0 saturated heterocycles. The van der Waals surface area contributed by atoms with E-state index in [1.807, 2.05) is 0 Å². The third-order valence-corrected chi connectivity index (χ3v) is 11.8. The molecule has 8 heteroatoms. The minimum absolute atomic E-state index is 0.0665. The van der Waals surface area contributed by atoms with Crippen LogP contribution in [0.15, 0.2) is 107 Å². The summed E-state index contributed by atoms with van der Waals surface area (Å²) in [5.74, 6) is -1.58. The summed E-state index contributed by atoms with van der Waals surface area (Å²) in [5.41, 5.74) is 0.983. The first-order chi connectivity index (χ1) is 17.1. The number of carbonyl (C=O) groups is 1. The van der Waals surface area contributed by atoms with Gasteiger partial charge in [-0.1, -0.05) is 66.7 Å². The molecular weight excluding hydrogens is 499 g/mol. The van der Waals surface area contributed by atoms with Crippen LogP contribution in [0.4, 0.5) is 4.39 Å². The zero-order chi connectivity index (χ0) is 26.0. The Morgan fingerprint density at radius 2 is 1.36 bits per heavy atom. The van der Waals surface area contributed by atoms with Gasteiger partial charge in [0.25, 0.3) is 0 Å². The Morgan fingerprint density at radius 1 is 0.861 bits per heavy atom. The number of hydrogen-bond acceptors (Lipinski definition) is 5. The predicted octanol–water partition coefficient (Wildman–Crippen LogP) is 5.44. The molecule has 1 aliphatic rings. The van der Waals surface area contributed by atoms with Gasteiger partial charge in [0.1, 0.15) is 5.78 Å². The van der Waals surface area contributed by atoms with Gasteiger partial charge in [0.15, 0.2) is 0 Å². The van der Waals surface area contributed by atoms with Gasteiger partial charge in [-0.05, 0) is 54.7 Å². The second-order valence-electron chi connectivity index (χ2n) is 8.93. The molecule has 2 unspecified atom stereocenters. The van der Waals surface area contributed by atoms with Crippen LogP contribution in [-0.4, -0.2) is 27.0 Å². The van der Waals surface area contributed by atoms with Crippen LogP contribution < -0.4 is 0 Å². The number of carbonyl (C=O) groups excluding carboxylic acids is 1. The fraction of sp³-hybridized carbons (Fsp3) is 0.250. The van der Waals surface area contributed by atoms with Gasteiger partial charge in [0.05, 0.1) is 15.7 Å². The molecule has 5 nitrogen and oxygen atoms in total. The Labute approximate surface area is 211 Å². The summed E-state index contributed by atoms with van der Waals surface area (Å²) in [7, 11) is -10.1. The van der Waals surface area contributed by atoms with Crippen LogP contribution in [0.3, 0.4) is 0 Å². The largest absolute Gasteiger partial charge is 0.327 e. The Balaban J connectivity index is 1.84. The molecule has 1 fully saturated rings. The SMILES string of the molecule is C=CC(c1ccc(CC2CCCC2=O)cc1)C(F)(S(=O)(=O)c1ccccc1)S(=O)(=O)c1ccccc1. The molecule has 0 radical (unpaired) electrons. The zero-order valence-corrected chi connectivity index (χ0v) is 21.2. The Hall–Kier alpha value is -3.10. The normalized spacial score (nSPS) is 17.6. The van der Waals surface area contributed by atoms with Crippen LogP contribution in [0.1, 0.15) is 36.3 Å². The number of hydrogen-bond donors (Lipinski definition) is 0. The Bertz CT molecular complexity index is 1380. The number of alkyl halides is 1. The number of allylic oxidation sites excluding steroid dienone is 1. The van der Waals surface area contributed by atoms with Gasteiger partial charge >= 0.3 is 4.33 Å². The minimum Gasteiger partial charge on any atom is -0.299 e. The number of Topliss-reactive ketones (excluding diaryl/α,β-unsaturated/α-hetero) is 1. The van der Waals surface area contributed by atoms with E-state index in [9.17, 15) is 21.6 Å². The van der Waals surface area contributed by atoms with E-state index in [4.69, 9.17) is 0 Å². The van der Waals surface area contributed by atoms with E-state index in [-0.39, 0.29) is 17.3 Å². The van der Waals surface area contributed by atoms with Crippen LogP contribution in [-0.2, 0) is 30.9 Å². The van der Waals surface area contributed by atoms with Gasteiger partial charge in [0.2, 0.25) is 19.7 Å². The van der Waals surface area contributed by atoms with E-state index in [0.29, 0.717) is 12.8 Å². The van der Waals surface area contributed by atoms with Crippen molar-refractivity contribution in [1.82, 2.24) is 0 Å². The highest BCUT2D eigenvalue weighted by atomic mass is 32.3. The van der Waals surface area contributed by atoms with Gasteiger partial charge < -0.3 is 0 Å². The molecule has 4 rings (SSSR count). The second-order valence-corrected chi connectivity index (χ2v) is 13.3. The van der Waals surface area contributed by atoms with Crippen molar-refractivity contribution in [2.75, 3.05) is 0 Å². The van der Waals surface area contributed by atoms with Gasteiger partial charge in [-0.25, -0.2) is 21.2 Å². The number of sulfone groups is 2. The Morgan fingerprint density at radius 3 is 1.78 bits per heavy atom. The monoisotopic (exact) mass is 526 g/mol. The van der Waals surface area contributed by atoms with Crippen molar-refractivity contribution >= 4 is 25.5 Å². The fourth-order valence-electron chi connectivity index (χ4n) is 4.72. The first-order valence-electron chi connectivity index (χ1n) is 11.7. The number of ketones is 1. The molecule has 0 amide bonds. The maximum atomic E-state index is 17.3. The lowest BCUT2D eigenvalue weighted by molar-refractivity contribution is -0.120. The van der Waals surface area contributed by atoms with Crippen molar-refractivity contribution in [2.24, 2.45) is 5.92 Å². The molecule has 0 bridgehead atoms. The minimum atomic E-state index is -5.07. The lowest BCUT2D eigenvalue weighted by Gasteiger charge is -2.31. The van der Waals surface area contributed by atoms with Gasteiger partial charge in [-0.15, -0.1) is 6.58 Å². The third kappa shape index (κ3) is 4.44. The molecule has 0 heterocycles. The summed E-state index contributed by atoms with van der Waals surface area (Å²) in [6.45, 7) is 3.62. The van der Waals surface area contributed by atoms with Crippen molar-refractivity contribution in [2.45, 2.75) is 45.7 Å². The molecule has 3 aromatic carbocycles. The summed E-state index contributed by atoms with van der Waals surface area (Å²) in [6.07, 6.45) is 3.80. The molecule has 188 valence electrons. The summed E-state index contributed by atoms with van der Waals surface area (Å²) < 4.78 is 68.5. The second kappa shape index (κ2) is 10.1.